The molecule has 0 spiro atoms. The van der Waals surface area contributed by atoms with E-state index in [-0.39, 0.29) is 6.04 Å². The Bertz CT molecular complexity index is 245. The van der Waals surface area contributed by atoms with E-state index in [1.165, 1.54) is 0 Å². The summed E-state index contributed by atoms with van der Waals surface area (Å²) in [6, 6.07) is 1.93. The molecule has 0 saturated carbocycles. The molecule has 0 fully saturated rings. The van der Waals surface area contributed by atoms with Gasteiger partial charge in [0.25, 0.3) is 0 Å². The SMILES string of the molecule is COCC(CCl)NCc1ncccn1. The van der Waals surface area contributed by atoms with E-state index in [1.807, 2.05) is 0 Å². The van der Waals surface area contributed by atoms with Crippen LogP contribution in [0.15, 0.2) is 18.5 Å². The van der Waals surface area contributed by atoms with Crippen molar-refractivity contribution >= 4 is 11.6 Å². The van der Waals surface area contributed by atoms with Crippen LogP contribution in [0.25, 0.3) is 0 Å². The zero-order valence-electron chi connectivity index (χ0n) is 8.11. The van der Waals surface area contributed by atoms with Gasteiger partial charge in [-0.05, 0) is 6.07 Å². The third-order valence-corrected chi connectivity index (χ3v) is 2.09. The second-order valence-electron chi connectivity index (χ2n) is 2.85. The Morgan fingerprint density at radius 2 is 2.21 bits per heavy atom. The fourth-order valence-electron chi connectivity index (χ4n) is 1.02. The van der Waals surface area contributed by atoms with Crippen LogP contribution in [0.5, 0.6) is 0 Å². The summed E-state index contributed by atoms with van der Waals surface area (Å²) in [6.07, 6.45) is 3.44. The van der Waals surface area contributed by atoms with Crippen molar-refractivity contribution in [2.45, 2.75) is 12.6 Å². The number of nitrogens with one attached hydrogen (secondary N) is 1. The summed E-state index contributed by atoms with van der Waals surface area (Å²) in [7, 11) is 1.65. The van der Waals surface area contributed by atoms with Crippen molar-refractivity contribution < 1.29 is 4.74 Å². The summed E-state index contributed by atoms with van der Waals surface area (Å²) in [5, 5.41) is 3.20. The topological polar surface area (TPSA) is 47.0 Å². The maximum absolute atomic E-state index is 5.73. The molecule has 1 atom stereocenters. The lowest BCUT2D eigenvalue weighted by Gasteiger charge is -2.13. The van der Waals surface area contributed by atoms with Gasteiger partial charge in [0.2, 0.25) is 0 Å². The smallest absolute Gasteiger partial charge is 0.141 e. The van der Waals surface area contributed by atoms with Crippen LogP contribution in [-0.2, 0) is 11.3 Å². The second-order valence-corrected chi connectivity index (χ2v) is 3.16. The first-order chi connectivity index (χ1) is 6.86. The van der Waals surface area contributed by atoms with Gasteiger partial charge in [0.1, 0.15) is 5.82 Å². The predicted octanol–water partition coefficient (Wildman–Crippen LogP) is 0.820. The lowest BCUT2D eigenvalue weighted by Crippen LogP contribution is -2.34. The van der Waals surface area contributed by atoms with Gasteiger partial charge in [-0.15, -0.1) is 11.6 Å². The Morgan fingerprint density at radius 1 is 1.50 bits per heavy atom. The fourth-order valence-corrected chi connectivity index (χ4v) is 1.21. The van der Waals surface area contributed by atoms with E-state index in [0.29, 0.717) is 19.0 Å². The largest absolute Gasteiger partial charge is 0.383 e. The Balaban J connectivity index is 2.32. The molecule has 0 bridgehead atoms. The molecule has 0 aliphatic heterocycles. The minimum Gasteiger partial charge on any atom is -0.383 e. The van der Waals surface area contributed by atoms with Crippen LogP contribution in [0.3, 0.4) is 0 Å². The number of halogens is 1. The van der Waals surface area contributed by atoms with Crippen LogP contribution in [0.2, 0.25) is 0 Å². The number of ether oxygens (including phenoxy) is 1. The highest BCUT2D eigenvalue weighted by molar-refractivity contribution is 6.18. The van der Waals surface area contributed by atoms with Crippen LogP contribution < -0.4 is 5.32 Å². The van der Waals surface area contributed by atoms with Crippen LogP contribution in [0.4, 0.5) is 0 Å². The van der Waals surface area contributed by atoms with Crippen molar-refractivity contribution in [1.82, 2.24) is 15.3 Å². The number of methoxy groups -OCH3 is 1. The number of rotatable bonds is 6. The standard InChI is InChI=1S/C9H14ClN3O/c1-14-7-8(5-10)13-6-9-11-3-2-4-12-9/h2-4,8,13H,5-7H2,1H3. The van der Waals surface area contributed by atoms with E-state index in [1.54, 1.807) is 25.6 Å². The molecule has 0 amide bonds. The van der Waals surface area contributed by atoms with Gasteiger partial charge in [-0.25, -0.2) is 9.97 Å². The molecule has 14 heavy (non-hydrogen) atoms. The summed E-state index contributed by atoms with van der Waals surface area (Å²) in [4.78, 5) is 8.18. The molecule has 1 heterocycles. The third-order valence-electron chi connectivity index (χ3n) is 1.72. The molecule has 1 aromatic rings. The van der Waals surface area contributed by atoms with Crippen LogP contribution in [0, 0.1) is 0 Å². The van der Waals surface area contributed by atoms with Gasteiger partial charge < -0.3 is 10.1 Å². The van der Waals surface area contributed by atoms with Crippen molar-refractivity contribution in [3.05, 3.63) is 24.3 Å². The molecule has 0 saturated heterocycles. The van der Waals surface area contributed by atoms with E-state index in [9.17, 15) is 0 Å². The molecule has 1 rings (SSSR count). The Morgan fingerprint density at radius 3 is 2.79 bits per heavy atom. The molecule has 1 aromatic heterocycles. The van der Waals surface area contributed by atoms with Gasteiger partial charge in [0, 0.05) is 31.4 Å². The molecule has 5 heteroatoms. The van der Waals surface area contributed by atoms with Crippen molar-refractivity contribution in [1.29, 1.82) is 0 Å². The average Bonchev–Trinajstić information content (AvgIpc) is 2.25. The van der Waals surface area contributed by atoms with E-state index in [0.717, 1.165) is 5.82 Å². The van der Waals surface area contributed by atoms with Crippen LogP contribution in [0.1, 0.15) is 5.82 Å². The molecule has 78 valence electrons. The quantitative estimate of drug-likeness (QED) is 0.714. The van der Waals surface area contributed by atoms with E-state index in [2.05, 4.69) is 15.3 Å². The minimum atomic E-state index is 0.144. The maximum atomic E-state index is 5.73. The van der Waals surface area contributed by atoms with E-state index < -0.39 is 0 Å². The van der Waals surface area contributed by atoms with Gasteiger partial charge in [-0.1, -0.05) is 0 Å². The van der Waals surface area contributed by atoms with Crippen LogP contribution >= 0.6 is 11.6 Å². The first kappa shape index (κ1) is 11.4. The maximum Gasteiger partial charge on any atom is 0.141 e. The van der Waals surface area contributed by atoms with E-state index >= 15 is 0 Å². The minimum absolute atomic E-state index is 0.144. The third kappa shape index (κ3) is 4.00. The lowest BCUT2D eigenvalue weighted by molar-refractivity contribution is 0.172. The molecule has 0 aliphatic rings. The highest BCUT2D eigenvalue weighted by atomic mass is 35.5. The highest BCUT2D eigenvalue weighted by Crippen LogP contribution is 1.92. The van der Waals surface area contributed by atoms with Crippen molar-refractivity contribution in [2.24, 2.45) is 0 Å². The Labute approximate surface area is 88.7 Å². The summed E-state index contributed by atoms with van der Waals surface area (Å²) in [6.45, 7) is 1.21. The van der Waals surface area contributed by atoms with Gasteiger partial charge in [0.05, 0.1) is 13.2 Å². The van der Waals surface area contributed by atoms with Crippen molar-refractivity contribution in [3.8, 4) is 0 Å². The zero-order valence-corrected chi connectivity index (χ0v) is 8.87. The number of hydrogen-bond donors (Lipinski definition) is 1. The molecule has 1 unspecified atom stereocenters. The normalized spacial score (nSPS) is 12.7. The highest BCUT2D eigenvalue weighted by Gasteiger charge is 2.06. The average molecular weight is 216 g/mol. The fraction of sp³-hybridized carbons (Fsp3) is 0.556. The molecule has 0 aromatic carbocycles. The number of hydrogen-bond acceptors (Lipinski definition) is 4. The second kappa shape index (κ2) is 6.70. The first-order valence-corrected chi connectivity index (χ1v) is 4.94. The van der Waals surface area contributed by atoms with Crippen molar-refractivity contribution in [3.63, 3.8) is 0 Å². The van der Waals surface area contributed by atoms with Gasteiger partial charge in [-0.2, -0.15) is 0 Å². The Kier molecular flexibility index (Phi) is 5.44. The molecular weight excluding hydrogens is 202 g/mol. The van der Waals surface area contributed by atoms with E-state index in [4.69, 9.17) is 16.3 Å². The molecule has 0 radical (unpaired) electrons. The summed E-state index contributed by atoms with van der Waals surface area (Å²) in [5.41, 5.74) is 0. The summed E-state index contributed by atoms with van der Waals surface area (Å²) < 4.78 is 5.00. The number of alkyl halides is 1. The molecular formula is C9H14ClN3O. The molecule has 4 nitrogen and oxygen atoms in total. The van der Waals surface area contributed by atoms with Gasteiger partial charge >= 0.3 is 0 Å². The zero-order chi connectivity index (χ0) is 10.2. The molecule has 1 N–H and O–H groups in total. The summed E-state index contributed by atoms with van der Waals surface area (Å²) >= 11 is 5.73. The lowest BCUT2D eigenvalue weighted by atomic mass is 10.3. The van der Waals surface area contributed by atoms with Gasteiger partial charge in [0.15, 0.2) is 0 Å². The van der Waals surface area contributed by atoms with Gasteiger partial charge in [-0.3, -0.25) is 0 Å². The molecule has 0 aliphatic carbocycles. The monoisotopic (exact) mass is 215 g/mol. The number of nitrogens with zero attached hydrogens (tertiary/aromatic N) is 2. The number of aromatic nitrogens is 2. The summed E-state index contributed by atoms with van der Waals surface area (Å²) in [5.74, 6) is 1.28. The first-order valence-electron chi connectivity index (χ1n) is 4.41. The predicted molar refractivity (Wildman–Crippen MR) is 55.3 cm³/mol. The Hall–Kier alpha value is -0.710. The van der Waals surface area contributed by atoms with Crippen molar-refractivity contribution in [2.75, 3.05) is 19.6 Å². The van der Waals surface area contributed by atoms with Crippen LogP contribution in [-0.4, -0.2) is 35.6 Å².